The number of anilines is 1. The van der Waals surface area contributed by atoms with Crippen molar-refractivity contribution in [3.05, 3.63) is 59.0 Å². The summed E-state index contributed by atoms with van der Waals surface area (Å²) in [6, 6.07) is 7.25. The number of carbonyl (C=O) groups excluding carboxylic acids is 1. The lowest BCUT2D eigenvalue weighted by molar-refractivity contribution is -0.0512. The second-order valence-corrected chi connectivity index (χ2v) is 6.09. The molecular weight excluding hydrogens is 426 g/mol. The predicted molar refractivity (Wildman–Crippen MR) is 96.6 cm³/mol. The number of halogens is 3. The van der Waals surface area contributed by atoms with E-state index < -0.39 is 12.5 Å². The van der Waals surface area contributed by atoms with Gasteiger partial charge in [-0.1, -0.05) is 0 Å². The number of pyridine rings is 1. The van der Waals surface area contributed by atoms with Gasteiger partial charge in [-0.25, -0.2) is 9.67 Å². The van der Waals surface area contributed by atoms with E-state index in [1.165, 1.54) is 30.0 Å². The van der Waals surface area contributed by atoms with Gasteiger partial charge in [-0.05, 0) is 46.3 Å². The van der Waals surface area contributed by atoms with E-state index in [9.17, 15) is 13.6 Å². The van der Waals surface area contributed by atoms with Gasteiger partial charge in [0.15, 0.2) is 17.3 Å². The number of ether oxygens (including phenoxy) is 2. The van der Waals surface area contributed by atoms with Crippen molar-refractivity contribution in [1.82, 2.24) is 14.8 Å². The number of aromatic nitrogens is 3. The Hall–Kier alpha value is -3.01. The summed E-state index contributed by atoms with van der Waals surface area (Å²) in [5.41, 5.74) is 0.620. The molecule has 3 aromatic rings. The summed E-state index contributed by atoms with van der Waals surface area (Å²) in [7, 11) is 1.30. The van der Waals surface area contributed by atoms with Crippen LogP contribution in [0.5, 0.6) is 11.5 Å². The second-order valence-electron chi connectivity index (χ2n) is 5.18. The molecule has 0 saturated carbocycles. The zero-order valence-electron chi connectivity index (χ0n) is 13.9. The summed E-state index contributed by atoms with van der Waals surface area (Å²) in [6.45, 7) is -3.00. The van der Waals surface area contributed by atoms with E-state index >= 15 is 0 Å². The summed E-state index contributed by atoms with van der Waals surface area (Å²) < 4.78 is 36.5. The first kappa shape index (κ1) is 18.8. The monoisotopic (exact) mass is 438 g/mol. The number of hydrogen-bond acceptors (Lipinski definition) is 5. The fourth-order valence-corrected chi connectivity index (χ4v) is 2.58. The van der Waals surface area contributed by atoms with E-state index in [-0.39, 0.29) is 17.1 Å². The molecule has 0 spiro atoms. The predicted octanol–water partition coefficient (Wildman–Crippen LogP) is 3.89. The van der Waals surface area contributed by atoms with Crippen LogP contribution < -0.4 is 14.8 Å². The summed E-state index contributed by atoms with van der Waals surface area (Å²) in [5.74, 6) is -0.198. The highest BCUT2D eigenvalue weighted by molar-refractivity contribution is 9.10. The van der Waals surface area contributed by atoms with Crippen LogP contribution in [0, 0.1) is 0 Å². The summed E-state index contributed by atoms with van der Waals surface area (Å²) >= 11 is 3.30. The standard InChI is InChI=1S/C17H13BrF2N4O3/c1-26-14-7-10(4-5-13(14)27-17(19)20)16(25)23-12-3-2-6-21-15(12)24-9-11(18)8-22-24/h2-9,17H,1H3,(H,23,25). The molecule has 0 saturated heterocycles. The average Bonchev–Trinajstić information content (AvgIpc) is 3.08. The Bertz CT molecular complexity index is 965. The van der Waals surface area contributed by atoms with E-state index in [1.54, 1.807) is 30.7 Å². The molecule has 0 bridgehead atoms. The molecule has 1 amide bonds. The first-order valence-corrected chi connectivity index (χ1v) is 8.37. The van der Waals surface area contributed by atoms with E-state index in [4.69, 9.17) is 4.74 Å². The van der Waals surface area contributed by atoms with Gasteiger partial charge in [0.25, 0.3) is 5.91 Å². The zero-order valence-corrected chi connectivity index (χ0v) is 15.5. The SMILES string of the molecule is COc1cc(C(=O)Nc2cccnc2-n2cc(Br)cn2)ccc1OC(F)F. The van der Waals surface area contributed by atoms with Crippen molar-refractivity contribution in [3.63, 3.8) is 0 Å². The molecule has 0 aliphatic rings. The van der Waals surface area contributed by atoms with Crippen molar-refractivity contribution in [1.29, 1.82) is 0 Å². The molecule has 27 heavy (non-hydrogen) atoms. The number of nitrogens with zero attached hydrogens (tertiary/aromatic N) is 3. The van der Waals surface area contributed by atoms with Crippen LogP contribution in [-0.4, -0.2) is 34.4 Å². The number of rotatable bonds is 6. The Kier molecular flexibility index (Phi) is 5.65. The molecule has 0 atom stereocenters. The molecule has 0 radical (unpaired) electrons. The van der Waals surface area contributed by atoms with Crippen molar-refractivity contribution in [2.24, 2.45) is 0 Å². The average molecular weight is 439 g/mol. The van der Waals surface area contributed by atoms with Crippen molar-refractivity contribution in [2.75, 3.05) is 12.4 Å². The molecule has 1 aromatic carbocycles. The lowest BCUT2D eigenvalue weighted by atomic mass is 10.2. The zero-order chi connectivity index (χ0) is 19.4. The van der Waals surface area contributed by atoms with Crippen LogP contribution in [-0.2, 0) is 0 Å². The Morgan fingerprint density at radius 3 is 2.78 bits per heavy atom. The number of alkyl halides is 2. The molecule has 3 rings (SSSR count). The number of benzene rings is 1. The molecule has 2 aromatic heterocycles. The molecule has 0 unspecified atom stereocenters. The van der Waals surface area contributed by atoms with Crippen LogP contribution in [0.4, 0.5) is 14.5 Å². The minimum Gasteiger partial charge on any atom is -0.493 e. The lowest BCUT2D eigenvalue weighted by Gasteiger charge is -2.13. The third kappa shape index (κ3) is 4.40. The van der Waals surface area contributed by atoms with Gasteiger partial charge in [0.2, 0.25) is 0 Å². The number of nitrogens with one attached hydrogen (secondary N) is 1. The second kappa shape index (κ2) is 8.12. The van der Waals surface area contributed by atoms with E-state index in [2.05, 4.69) is 36.1 Å². The number of methoxy groups -OCH3 is 1. The Labute approximate surface area is 161 Å². The van der Waals surface area contributed by atoms with Gasteiger partial charge in [-0.3, -0.25) is 4.79 Å². The molecule has 1 N–H and O–H groups in total. The third-order valence-electron chi connectivity index (χ3n) is 3.44. The third-order valence-corrected chi connectivity index (χ3v) is 3.85. The van der Waals surface area contributed by atoms with Gasteiger partial charge in [-0.2, -0.15) is 13.9 Å². The smallest absolute Gasteiger partial charge is 0.387 e. The van der Waals surface area contributed by atoms with Gasteiger partial charge in [0, 0.05) is 18.0 Å². The molecule has 10 heteroatoms. The van der Waals surface area contributed by atoms with Crippen LogP contribution >= 0.6 is 15.9 Å². The van der Waals surface area contributed by atoms with Gasteiger partial charge >= 0.3 is 6.61 Å². The van der Waals surface area contributed by atoms with Crippen LogP contribution in [0.15, 0.2) is 53.4 Å². The molecule has 0 aliphatic carbocycles. The highest BCUT2D eigenvalue weighted by Gasteiger charge is 2.16. The highest BCUT2D eigenvalue weighted by Crippen LogP contribution is 2.30. The number of hydrogen-bond donors (Lipinski definition) is 1. The molecule has 140 valence electrons. The minimum absolute atomic E-state index is 0.0189. The number of carbonyl (C=O) groups is 1. The quantitative estimate of drug-likeness (QED) is 0.631. The molecule has 0 fully saturated rings. The van der Waals surface area contributed by atoms with Gasteiger partial charge in [-0.15, -0.1) is 0 Å². The topological polar surface area (TPSA) is 78.3 Å². The summed E-state index contributed by atoms with van der Waals surface area (Å²) in [5, 5.41) is 6.87. The minimum atomic E-state index is -3.00. The maximum absolute atomic E-state index is 12.6. The maximum atomic E-state index is 12.6. The van der Waals surface area contributed by atoms with E-state index in [1.807, 2.05) is 0 Å². The largest absolute Gasteiger partial charge is 0.493 e. The fraction of sp³-hybridized carbons (Fsp3) is 0.118. The van der Waals surface area contributed by atoms with E-state index in [0.29, 0.717) is 11.5 Å². The van der Waals surface area contributed by atoms with Crippen molar-refractivity contribution >= 4 is 27.5 Å². The molecule has 0 aliphatic heterocycles. The van der Waals surface area contributed by atoms with E-state index in [0.717, 1.165) is 4.47 Å². The summed E-state index contributed by atoms with van der Waals surface area (Å²) in [4.78, 5) is 16.8. The Morgan fingerprint density at radius 1 is 1.30 bits per heavy atom. The van der Waals surface area contributed by atoms with Gasteiger partial charge in [0.05, 0.1) is 23.5 Å². The Morgan fingerprint density at radius 2 is 2.11 bits per heavy atom. The first-order valence-electron chi connectivity index (χ1n) is 7.57. The van der Waals surface area contributed by atoms with Gasteiger partial charge < -0.3 is 14.8 Å². The Balaban J connectivity index is 1.86. The van der Waals surface area contributed by atoms with Crippen molar-refractivity contribution in [2.45, 2.75) is 6.61 Å². The highest BCUT2D eigenvalue weighted by atomic mass is 79.9. The van der Waals surface area contributed by atoms with Crippen molar-refractivity contribution in [3.8, 4) is 17.3 Å². The van der Waals surface area contributed by atoms with Gasteiger partial charge in [0.1, 0.15) is 0 Å². The lowest BCUT2D eigenvalue weighted by Crippen LogP contribution is -2.15. The molecular formula is C17H13BrF2N4O3. The molecule has 2 heterocycles. The normalized spacial score (nSPS) is 10.7. The van der Waals surface area contributed by atoms with Crippen LogP contribution in [0.25, 0.3) is 5.82 Å². The molecule has 7 nitrogen and oxygen atoms in total. The van der Waals surface area contributed by atoms with Crippen LogP contribution in [0.2, 0.25) is 0 Å². The first-order chi connectivity index (χ1) is 13.0. The number of amides is 1. The van der Waals surface area contributed by atoms with Crippen molar-refractivity contribution < 1.29 is 23.0 Å². The van der Waals surface area contributed by atoms with Crippen LogP contribution in [0.3, 0.4) is 0 Å². The van der Waals surface area contributed by atoms with Crippen LogP contribution in [0.1, 0.15) is 10.4 Å². The maximum Gasteiger partial charge on any atom is 0.387 e. The summed E-state index contributed by atoms with van der Waals surface area (Å²) in [6.07, 6.45) is 4.85. The fourth-order valence-electron chi connectivity index (χ4n) is 2.29.